The molecule has 1 aliphatic heterocycles. The maximum atomic E-state index is 12.0. The summed E-state index contributed by atoms with van der Waals surface area (Å²) in [5.41, 5.74) is 0.867. The van der Waals surface area contributed by atoms with Gasteiger partial charge in [0.1, 0.15) is 0 Å². The molecule has 0 saturated carbocycles. The molecule has 0 atom stereocenters. The van der Waals surface area contributed by atoms with E-state index in [9.17, 15) is 8.42 Å². The van der Waals surface area contributed by atoms with Gasteiger partial charge < -0.3 is 4.90 Å². The Labute approximate surface area is 130 Å². The van der Waals surface area contributed by atoms with Crippen LogP contribution in [-0.2, 0) is 10.0 Å². The van der Waals surface area contributed by atoms with Gasteiger partial charge in [-0.05, 0) is 18.6 Å². The molecule has 112 valence electrons. The van der Waals surface area contributed by atoms with Crippen molar-refractivity contribution in [3.8, 4) is 0 Å². The van der Waals surface area contributed by atoms with E-state index in [1.165, 1.54) is 0 Å². The van der Waals surface area contributed by atoms with E-state index in [4.69, 9.17) is 23.2 Å². The molecule has 0 amide bonds. The maximum absolute atomic E-state index is 12.0. The van der Waals surface area contributed by atoms with Crippen molar-refractivity contribution in [1.82, 2.24) is 4.31 Å². The molecule has 1 aromatic carbocycles. The van der Waals surface area contributed by atoms with E-state index in [1.54, 1.807) is 10.4 Å². The number of piperazine rings is 1. The van der Waals surface area contributed by atoms with E-state index in [0.29, 0.717) is 42.6 Å². The van der Waals surface area contributed by atoms with Gasteiger partial charge in [0, 0.05) is 26.2 Å². The van der Waals surface area contributed by atoms with Crippen molar-refractivity contribution in [2.45, 2.75) is 13.3 Å². The summed E-state index contributed by atoms with van der Waals surface area (Å²) in [5, 5.41) is 1.05. The second kappa shape index (κ2) is 6.52. The summed E-state index contributed by atoms with van der Waals surface area (Å²) in [6.45, 7) is 4.11. The van der Waals surface area contributed by atoms with Gasteiger partial charge in [-0.15, -0.1) is 0 Å². The quantitative estimate of drug-likeness (QED) is 0.848. The minimum absolute atomic E-state index is 0.213. The normalized spacial score (nSPS) is 17.4. The van der Waals surface area contributed by atoms with Crippen LogP contribution in [0.15, 0.2) is 18.2 Å². The lowest BCUT2D eigenvalue weighted by molar-refractivity contribution is 0.384. The molecule has 0 aliphatic carbocycles. The summed E-state index contributed by atoms with van der Waals surface area (Å²) in [6.07, 6.45) is 0.642. The zero-order chi connectivity index (χ0) is 14.8. The fourth-order valence-electron chi connectivity index (χ4n) is 2.33. The third-order valence-electron chi connectivity index (χ3n) is 3.37. The Morgan fingerprint density at radius 1 is 1.15 bits per heavy atom. The van der Waals surface area contributed by atoms with Gasteiger partial charge in [0.2, 0.25) is 10.0 Å². The van der Waals surface area contributed by atoms with Gasteiger partial charge in [0.15, 0.2) is 0 Å². The third-order valence-corrected chi connectivity index (χ3v) is 6.25. The van der Waals surface area contributed by atoms with E-state index in [0.717, 1.165) is 5.69 Å². The molecule has 0 radical (unpaired) electrons. The van der Waals surface area contributed by atoms with E-state index in [2.05, 4.69) is 4.90 Å². The van der Waals surface area contributed by atoms with Crippen LogP contribution in [0.5, 0.6) is 0 Å². The van der Waals surface area contributed by atoms with Gasteiger partial charge in [-0.3, -0.25) is 0 Å². The number of nitrogens with zero attached hydrogens (tertiary/aromatic N) is 2. The van der Waals surface area contributed by atoms with E-state index < -0.39 is 10.0 Å². The van der Waals surface area contributed by atoms with Crippen LogP contribution in [0.4, 0.5) is 5.69 Å². The maximum Gasteiger partial charge on any atom is 0.214 e. The molecule has 7 heteroatoms. The number of rotatable bonds is 4. The number of anilines is 1. The van der Waals surface area contributed by atoms with Gasteiger partial charge in [0.25, 0.3) is 0 Å². The Kier molecular flexibility index (Phi) is 5.18. The van der Waals surface area contributed by atoms with Gasteiger partial charge in [-0.1, -0.05) is 36.2 Å². The van der Waals surface area contributed by atoms with Crippen molar-refractivity contribution in [2.24, 2.45) is 0 Å². The molecule has 1 aliphatic rings. The average molecular weight is 337 g/mol. The molecule has 0 N–H and O–H groups in total. The summed E-state index contributed by atoms with van der Waals surface area (Å²) in [7, 11) is -3.11. The third kappa shape index (κ3) is 3.39. The van der Waals surface area contributed by atoms with Crippen molar-refractivity contribution in [2.75, 3.05) is 36.8 Å². The molecule has 1 fully saturated rings. The second-order valence-corrected chi connectivity index (χ2v) is 7.65. The highest BCUT2D eigenvalue weighted by atomic mass is 35.5. The van der Waals surface area contributed by atoms with Crippen molar-refractivity contribution < 1.29 is 8.42 Å². The van der Waals surface area contributed by atoms with Gasteiger partial charge in [-0.25, -0.2) is 8.42 Å². The fraction of sp³-hybridized carbons (Fsp3) is 0.538. The lowest BCUT2D eigenvalue weighted by Crippen LogP contribution is -2.49. The highest BCUT2D eigenvalue weighted by Gasteiger charge is 2.27. The molecular weight excluding hydrogens is 319 g/mol. The SMILES string of the molecule is CCCS(=O)(=O)N1CCN(c2cccc(Cl)c2Cl)CC1. The molecule has 4 nitrogen and oxygen atoms in total. The highest BCUT2D eigenvalue weighted by molar-refractivity contribution is 7.89. The Balaban J connectivity index is 2.07. The standard InChI is InChI=1S/C13H18Cl2N2O2S/c1-2-10-20(18,19)17-8-6-16(7-9-17)12-5-3-4-11(14)13(12)15/h3-5H,2,6-10H2,1H3. The predicted octanol–water partition coefficient (Wildman–Crippen LogP) is 2.86. The van der Waals surface area contributed by atoms with Crippen LogP contribution in [0, 0.1) is 0 Å². The molecule has 1 aromatic rings. The summed E-state index contributed by atoms with van der Waals surface area (Å²) < 4.78 is 25.6. The smallest absolute Gasteiger partial charge is 0.214 e. The fourth-order valence-corrected chi connectivity index (χ4v) is 4.24. The Hall–Kier alpha value is -0.490. The number of hydrogen-bond acceptors (Lipinski definition) is 3. The Morgan fingerprint density at radius 3 is 2.40 bits per heavy atom. The lowest BCUT2D eigenvalue weighted by Gasteiger charge is -2.35. The van der Waals surface area contributed by atoms with E-state index in [1.807, 2.05) is 19.1 Å². The van der Waals surface area contributed by atoms with Gasteiger partial charge in [0.05, 0.1) is 21.5 Å². The average Bonchev–Trinajstić information content (AvgIpc) is 2.42. The minimum Gasteiger partial charge on any atom is -0.368 e. The first-order chi connectivity index (χ1) is 9.45. The van der Waals surface area contributed by atoms with Crippen molar-refractivity contribution >= 4 is 38.9 Å². The molecule has 2 rings (SSSR count). The molecule has 0 unspecified atom stereocenters. The minimum atomic E-state index is -3.11. The topological polar surface area (TPSA) is 40.6 Å². The first kappa shape index (κ1) is 15.9. The first-order valence-electron chi connectivity index (χ1n) is 6.62. The molecule has 0 spiro atoms. The van der Waals surface area contributed by atoms with Crippen LogP contribution in [0.2, 0.25) is 10.0 Å². The number of benzene rings is 1. The van der Waals surface area contributed by atoms with Crippen LogP contribution < -0.4 is 4.90 Å². The summed E-state index contributed by atoms with van der Waals surface area (Å²) in [6, 6.07) is 5.50. The summed E-state index contributed by atoms with van der Waals surface area (Å²) in [4.78, 5) is 2.08. The zero-order valence-corrected chi connectivity index (χ0v) is 13.7. The summed E-state index contributed by atoms with van der Waals surface area (Å²) in [5.74, 6) is 0.213. The van der Waals surface area contributed by atoms with Crippen LogP contribution in [0.3, 0.4) is 0 Å². The molecule has 1 saturated heterocycles. The number of halogens is 2. The van der Waals surface area contributed by atoms with Gasteiger partial charge in [-0.2, -0.15) is 4.31 Å². The second-order valence-electron chi connectivity index (χ2n) is 4.78. The van der Waals surface area contributed by atoms with Crippen LogP contribution in [0.25, 0.3) is 0 Å². The largest absolute Gasteiger partial charge is 0.368 e. The highest BCUT2D eigenvalue weighted by Crippen LogP contribution is 2.33. The van der Waals surface area contributed by atoms with Crippen LogP contribution in [-0.4, -0.2) is 44.7 Å². The van der Waals surface area contributed by atoms with E-state index >= 15 is 0 Å². The molecular formula is C13H18Cl2N2O2S. The van der Waals surface area contributed by atoms with E-state index in [-0.39, 0.29) is 5.75 Å². The molecule has 20 heavy (non-hydrogen) atoms. The molecule has 0 aromatic heterocycles. The van der Waals surface area contributed by atoms with Crippen molar-refractivity contribution in [3.63, 3.8) is 0 Å². The van der Waals surface area contributed by atoms with Gasteiger partial charge >= 0.3 is 0 Å². The van der Waals surface area contributed by atoms with Crippen molar-refractivity contribution in [3.05, 3.63) is 28.2 Å². The van der Waals surface area contributed by atoms with Crippen molar-refractivity contribution in [1.29, 1.82) is 0 Å². The zero-order valence-electron chi connectivity index (χ0n) is 11.3. The number of hydrogen-bond donors (Lipinski definition) is 0. The molecule has 0 bridgehead atoms. The predicted molar refractivity (Wildman–Crippen MR) is 84.3 cm³/mol. The first-order valence-corrected chi connectivity index (χ1v) is 8.99. The Morgan fingerprint density at radius 2 is 1.80 bits per heavy atom. The molecule has 1 heterocycles. The Bertz CT molecular complexity index is 570. The monoisotopic (exact) mass is 336 g/mol. The van der Waals surface area contributed by atoms with Crippen LogP contribution in [0.1, 0.15) is 13.3 Å². The van der Waals surface area contributed by atoms with Crippen LogP contribution >= 0.6 is 23.2 Å². The number of sulfonamides is 1. The summed E-state index contributed by atoms with van der Waals surface area (Å²) >= 11 is 12.2. The lowest BCUT2D eigenvalue weighted by atomic mass is 10.2.